The molecule has 0 amide bonds. The van der Waals surface area contributed by atoms with Gasteiger partial charge in [-0.3, -0.25) is 8.37 Å². The van der Waals surface area contributed by atoms with E-state index in [-0.39, 0.29) is 48.6 Å². The lowest BCUT2D eigenvalue weighted by Gasteiger charge is -2.13. The Morgan fingerprint density at radius 3 is 1.48 bits per heavy atom. The van der Waals surface area contributed by atoms with E-state index in [1.165, 1.54) is 18.2 Å². The molecule has 2 aromatic carbocycles. The van der Waals surface area contributed by atoms with Crippen molar-refractivity contribution >= 4 is 20.2 Å². The summed E-state index contributed by atoms with van der Waals surface area (Å²) < 4.78 is 91.1. The van der Waals surface area contributed by atoms with Crippen molar-refractivity contribution in [2.24, 2.45) is 0 Å². The molecule has 12 nitrogen and oxygen atoms in total. The number of aryl methyl sites for hydroxylation is 2. The lowest BCUT2D eigenvalue weighted by molar-refractivity contribution is -0.0141. The first kappa shape index (κ1) is 36.1. The van der Waals surface area contributed by atoms with Crippen LogP contribution >= 0.6 is 0 Å². The highest BCUT2D eigenvalue weighted by atomic mass is 32.2. The van der Waals surface area contributed by atoms with Crippen LogP contribution in [0.4, 0.5) is 0 Å². The Morgan fingerprint density at radius 1 is 0.524 bits per heavy atom. The topological polar surface area (TPSA) is 142 Å². The van der Waals surface area contributed by atoms with Gasteiger partial charge < -0.3 is 28.4 Å². The van der Waals surface area contributed by atoms with Gasteiger partial charge in [0.15, 0.2) is 0 Å². The van der Waals surface area contributed by atoms with Crippen molar-refractivity contribution in [2.75, 3.05) is 85.9 Å². The molecule has 0 heterocycles. The van der Waals surface area contributed by atoms with Gasteiger partial charge in [-0.2, -0.15) is 16.8 Å². The monoisotopic (exact) mass is 634 g/mol. The van der Waals surface area contributed by atoms with Gasteiger partial charge in [0.05, 0.1) is 84.2 Å². The summed E-state index contributed by atoms with van der Waals surface area (Å²) in [5.74, 6) is 0.230. The average molecular weight is 635 g/mol. The molecule has 0 bridgehead atoms. The molecule has 0 spiro atoms. The van der Waals surface area contributed by atoms with Gasteiger partial charge in [0.25, 0.3) is 10.1 Å². The Bertz CT molecular complexity index is 1230. The van der Waals surface area contributed by atoms with E-state index in [0.29, 0.717) is 52.9 Å². The second-order valence-electron chi connectivity index (χ2n) is 8.81. The van der Waals surface area contributed by atoms with Gasteiger partial charge in [-0.25, -0.2) is 0 Å². The average Bonchev–Trinajstić information content (AvgIpc) is 2.94. The standard InChI is InChI=1S/C28H42O12S2/c1-4-39-42(31,32)28-10-7-25(3)23-27(28)38-21-19-36-17-15-34-13-11-33-12-14-35-16-18-37-20-22-40-41(29,30)26-8-5-24(2)6-9-26/h5-10,23H,4,11-22H2,1-3H3. The molecule has 0 saturated heterocycles. The van der Waals surface area contributed by atoms with Crippen LogP contribution in [0.15, 0.2) is 52.3 Å². The third-order valence-electron chi connectivity index (χ3n) is 5.39. The number of rotatable bonds is 24. The van der Waals surface area contributed by atoms with E-state index in [1.54, 1.807) is 31.2 Å². The van der Waals surface area contributed by atoms with Gasteiger partial charge in [0, 0.05) is 0 Å². The van der Waals surface area contributed by atoms with Crippen LogP contribution in [0, 0.1) is 13.8 Å². The highest BCUT2D eigenvalue weighted by Gasteiger charge is 2.20. The quantitative estimate of drug-likeness (QED) is 0.124. The Balaban J connectivity index is 1.38. The van der Waals surface area contributed by atoms with Gasteiger partial charge in [-0.15, -0.1) is 0 Å². The molecule has 238 valence electrons. The Kier molecular flexibility index (Phi) is 17.1. The van der Waals surface area contributed by atoms with E-state index in [4.69, 9.17) is 36.8 Å². The molecule has 0 atom stereocenters. The minimum absolute atomic E-state index is 0.00756. The predicted octanol–water partition coefficient (Wildman–Crippen LogP) is 2.90. The Labute approximate surface area is 249 Å². The second-order valence-corrected chi connectivity index (χ2v) is 12.0. The maximum Gasteiger partial charge on any atom is 0.300 e. The summed E-state index contributed by atoms with van der Waals surface area (Å²) in [7, 11) is -7.66. The van der Waals surface area contributed by atoms with Crippen LogP contribution in [0.25, 0.3) is 0 Å². The first-order chi connectivity index (χ1) is 20.2. The summed E-state index contributed by atoms with van der Waals surface area (Å²) in [6.07, 6.45) is 0. The van der Waals surface area contributed by atoms with Crippen molar-refractivity contribution in [3.63, 3.8) is 0 Å². The number of ether oxygens (including phenoxy) is 6. The van der Waals surface area contributed by atoms with E-state index >= 15 is 0 Å². The Hall–Kier alpha value is -2.14. The molecular weight excluding hydrogens is 592 g/mol. The maximum atomic E-state index is 12.2. The van der Waals surface area contributed by atoms with Crippen LogP contribution in [0.2, 0.25) is 0 Å². The first-order valence-corrected chi connectivity index (χ1v) is 16.4. The molecule has 0 fully saturated rings. The van der Waals surface area contributed by atoms with E-state index in [2.05, 4.69) is 0 Å². The molecule has 2 rings (SSSR count). The number of benzene rings is 2. The van der Waals surface area contributed by atoms with Crippen LogP contribution in [0.3, 0.4) is 0 Å². The van der Waals surface area contributed by atoms with Gasteiger partial charge in [-0.05, 0) is 50.6 Å². The van der Waals surface area contributed by atoms with Gasteiger partial charge in [-0.1, -0.05) is 23.8 Å². The summed E-state index contributed by atoms with van der Waals surface area (Å²) in [4.78, 5) is 0.108. The van der Waals surface area contributed by atoms with Crippen molar-refractivity contribution in [3.8, 4) is 5.75 Å². The molecule has 0 N–H and O–H groups in total. The smallest absolute Gasteiger partial charge is 0.300 e. The van der Waals surface area contributed by atoms with Crippen molar-refractivity contribution in [2.45, 2.75) is 30.6 Å². The summed E-state index contributed by atoms with van der Waals surface area (Å²) in [6, 6.07) is 11.2. The predicted molar refractivity (Wildman–Crippen MR) is 154 cm³/mol. The molecule has 2 aromatic rings. The minimum Gasteiger partial charge on any atom is -0.490 e. The fraction of sp³-hybridized carbons (Fsp3) is 0.571. The molecule has 0 aliphatic heterocycles. The van der Waals surface area contributed by atoms with Crippen molar-refractivity contribution < 1.29 is 53.6 Å². The fourth-order valence-corrected chi connectivity index (χ4v) is 5.25. The molecule has 0 saturated carbocycles. The third kappa shape index (κ3) is 14.4. The van der Waals surface area contributed by atoms with Gasteiger partial charge in [0.2, 0.25) is 0 Å². The third-order valence-corrected chi connectivity index (χ3v) is 8.14. The number of hydrogen-bond donors (Lipinski definition) is 0. The van der Waals surface area contributed by atoms with Gasteiger partial charge in [0.1, 0.15) is 17.3 Å². The first-order valence-electron chi connectivity index (χ1n) is 13.6. The zero-order chi connectivity index (χ0) is 30.7. The van der Waals surface area contributed by atoms with Crippen molar-refractivity contribution in [3.05, 3.63) is 53.6 Å². The Morgan fingerprint density at radius 2 is 0.976 bits per heavy atom. The fourth-order valence-electron chi connectivity index (χ4n) is 3.32. The summed E-state index contributed by atoms with van der Waals surface area (Å²) in [5.41, 5.74) is 1.83. The molecule has 14 heteroatoms. The lowest BCUT2D eigenvalue weighted by Crippen LogP contribution is -2.15. The van der Waals surface area contributed by atoms with Crippen LogP contribution < -0.4 is 4.74 Å². The molecule has 0 radical (unpaired) electrons. The lowest BCUT2D eigenvalue weighted by atomic mass is 10.2. The highest BCUT2D eigenvalue weighted by Crippen LogP contribution is 2.26. The highest BCUT2D eigenvalue weighted by molar-refractivity contribution is 7.87. The molecule has 0 aliphatic rings. The minimum atomic E-state index is -3.88. The summed E-state index contributed by atoms with van der Waals surface area (Å²) in [5, 5.41) is 0. The van der Waals surface area contributed by atoms with E-state index in [0.717, 1.165) is 11.1 Å². The molecule has 42 heavy (non-hydrogen) atoms. The zero-order valence-corrected chi connectivity index (χ0v) is 26.1. The molecule has 0 aliphatic carbocycles. The second kappa shape index (κ2) is 19.9. The van der Waals surface area contributed by atoms with E-state index < -0.39 is 20.2 Å². The van der Waals surface area contributed by atoms with Crippen LogP contribution in [-0.4, -0.2) is 103 Å². The largest absolute Gasteiger partial charge is 0.490 e. The van der Waals surface area contributed by atoms with Crippen LogP contribution in [0.5, 0.6) is 5.75 Å². The van der Waals surface area contributed by atoms with Crippen LogP contribution in [-0.2, 0) is 52.3 Å². The van der Waals surface area contributed by atoms with Crippen LogP contribution in [0.1, 0.15) is 18.1 Å². The summed E-state index contributed by atoms with van der Waals surface area (Å²) in [6.45, 7) is 8.84. The van der Waals surface area contributed by atoms with Crippen molar-refractivity contribution in [1.29, 1.82) is 0 Å². The van der Waals surface area contributed by atoms with E-state index in [9.17, 15) is 16.8 Å². The van der Waals surface area contributed by atoms with Gasteiger partial charge >= 0.3 is 10.1 Å². The number of hydrogen-bond acceptors (Lipinski definition) is 12. The normalized spacial score (nSPS) is 12.1. The molecule has 0 aromatic heterocycles. The van der Waals surface area contributed by atoms with Crippen molar-refractivity contribution in [1.82, 2.24) is 0 Å². The molecular formula is C28H42O12S2. The SMILES string of the molecule is CCOS(=O)(=O)c1ccc(C)cc1OCCOCCOCCOCCOCCOCCOS(=O)(=O)c1ccc(C)cc1. The maximum absolute atomic E-state index is 12.2. The zero-order valence-electron chi connectivity index (χ0n) is 24.4. The molecule has 0 unspecified atom stereocenters. The van der Waals surface area contributed by atoms with E-state index in [1.807, 2.05) is 13.8 Å². The summed E-state index contributed by atoms with van der Waals surface area (Å²) >= 11 is 0.